The van der Waals surface area contributed by atoms with Crippen LogP contribution in [0, 0.1) is 0 Å². The van der Waals surface area contributed by atoms with E-state index in [1.807, 2.05) is 6.07 Å². The van der Waals surface area contributed by atoms with Crippen molar-refractivity contribution in [1.82, 2.24) is 0 Å². The molecule has 0 spiro atoms. The third-order valence-corrected chi connectivity index (χ3v) is 3.15. The minimum absolute atomic E-state index is 0.0451. The Bertz CT molecular complexity index is 362. The number of halogens is 1. The Morgan fingerprint density at radius 2 is 2.29 bits per heavy atom. The first kappa shape index (κ1) is 12.7. The molecule has 1 aliphatic heterocycles. The Morgan fingerprint density at radius 3 is 3.00 bits per heavy atom. The zero-order valence-electron chi connectivity index (χ0n) is 9.69. The minimum Gasteiger partial charge on any atom is -0.506 e. The molecule has 0 aromatic heterocycles. The molecule has 1 heterocycles. The lowest BCUT2D eigenvalue weighted by Crippen LogP contribution is -2.23. The second-order valence-corrected chi connectivity index (χ2v) is 4.61. The van der Waals surface area contributed by atoms with Crippen molar-refractivity contribution < 1.29 is 14.6 Å². The summed E-state index contributed by atoms with van der Waals surface area (Å²) >= 11 is 5.83. The van der Waals surface area contributed by atoms with Crippen LogP contribution < -0.4 is 0 Å². The van der Waals surface area contributed by atoms with Crippen LogP contribution in [0.2, 0.25) is 5.02 Å². The molecule has 3 nitrogen and oxygen atoms in total. The van der Waals surface area contributed by atoms with Crippen molar-refractivity contribution in [3.8, 4) is 5.75 Å². The first-order valence-electron chi connectivity index (χ1n) is 5.96. The van der Waals surface area contributed by atoms with Crippen LogP contribution in [-0.2, 0) is 15.9 Å². The molecule has 0 amide bonds. The normalized spacial score (nSPS) is 20.4. The van der Waals surface area contributed by atoms with E-state index < -0.39 is 0 Å². The highest BCUT2D eigenvalue weighted by Gasteiger charge is 2.13. The lowest BCUT2D eigenvalue weighted by Gasteiger charge is -2.22. The summed E-state index contributed by atoms with van der Waals surface area (Å²) in [5.74, 6) is 0.118. The first-order chi connectivity index (χ1) is 8.25. The molecule has 17 heavy (non-hydrogen) atoms. The van der Waals surface area contributed by atoms with Crippen molar-refractivity contribution in [2.75, 3.05) is 13.2 Å². The highest BCUT2D eigenvalue weighted by Crippen LogP contribution is 2.24. The van der Waals surface area contributed by atoms with E-state index in [0.29, 0.717) is 11.6 Å². The number of phenols is 1. The fourth-order valence-electron chi connectivity index (χ4n) is 1.86. The van der Waals surface area contributed by atoms with E-state index in [1.165, 1.54) is 6.42 Å². The fraction of sp³-hybridized carbons (Fsp3) is 0.538. The van der Waals surface area contributed by atoms with Gasteiger partial charge in [0.1, 0.15) is 5.75 Å². The Kier molecular flexibility index (Phi) is 4.66. The molecule has 0 bridgehead atoms. The maximum atomic E-state index is 9.29. The van der Waals surface area contributed by atoms with Gasteiger partial charge in [0, 0.05) is 6.61 Å². The zero-order chi connectivity index (χ0) is 12.1. The van der Waals surface area contributed by atoms with Crippen molar-refractivity contribution in [2.45, 2.75) is 32.0 Å². The average molecular weight is 257 g/mol. The van der Waals surface area contributed by atoms with Crippen LogP contribution in [0.4, 0.5) is 0 Å². The van der Waals surface area contributed by atoms with Crippen molar-refractivity contribution in [1.29, 1.82) is 0 Å². The monoisotopic (exact) mass is 256 g/mol. The molecule has 1 atom stereocenters. The lowest BCUT2D eigenvalue weighted by molar-refractivity contribution is -0.161. The maximum absolute atomic E-state index is 9.29. The minimum atomic E-state index is -0.0451. The van der Waals surface area contributed by atoms with Gasteiger partial charge in [0.05, 0.1) is 11.6 Å². The fourth-order valence-corrected chi connectivity index (χ4v) is 2.06. The molecule has 1 N–H and O–H groups in total. The Balaban J connectivity index is 1.75. The number of phenolic OH excluding ortho intramolecular Hbond substituents is 1. The van der Waals surface area contributed by atoms with Crippen molar-refractivity contribution >= 4 is 11.6 Å². The molecule has 1 aliphatic rings. The number of aromatic hydroxyl groups is 1. The van der Waals surface area contributed by atoms with Crippen LogP contribution in [0.5, 0.6) is 5.75 Å². The van der Waals surface area contributed by atoms with E-state index >= 15 is 0 Å². The van der Waals surface area contributed by atoms with Crippen molar-refractivity contribution in [3.63, 3.8) is 0 Å². The number of hydrogen-bond donors (Lipinski definition) is 1. The highest BCUT2D eigenvalue weighted by atomic mass is 35.5. The molecule has 0 unspecified atom stereocenters. The van der Waals surface area contributed by atoms with Gasteiger partial charge in [0.25, 0.3) is 0 Å². The zero-order valence-corrected chi connectivity index (χ0v) is 10.4. The predicted octanol–water partition coefficient (Wildman–Crippen LogP) is 3.13. The summed E-state index contributed by atoms with van der Waals surface area (Å²) in [6, 6.07) is 5.23. The molecule has 94 valence electrons. The lowest BCUT2D eigenvalue weighted by atomic mass is 10.1. The molecule has 4 heteroatoms. The van der Waals surface area contributed by atoms with Gasteiger partial charge in [-0.3, -0.25) is 0 Å². The quantitative estimate of drug-likeness (QED) is 0.900. The third-order valence-electron chi connectivity index (χ3n) is 2.84. The smallest absolute Gasteiger partial charge is 0.157 e. The van der Waals surface area contributed by atoms with Gasteiger partial charge in [-0.05, 0) is 43.4 Å². The van der Waals surface area contributed by atoms with Gasteiger partial charge in [0.15, 0.2) is 6.29 Å². The van der Waals surface area contributed by atoms with Gasteiger partial charge >= 0.3 is 0 Å². The molecule has 1 aromatic carbocycles. The predicted molar refractivity (Wildman–Crippen MR) is 66.4 cm³/mol. The molecule has 1 fully saturated rings. The van der Waals surface area contributed by atoms with Crippen LogP contribution in [-0.4, -0.2) is 24.6 Å². The van der Waals surface area contributed by atoms with Crippen LogP contribution in [0.15, 0.2) is 18.2 Å². The third kappa shape index (κ3) is 3.87. The van der Waals surface area contributed by atoms with Crippen LogP contribution >= 0.6 is 11.6 Å². The average Bonchev–Trinajstić information content (AvgIpc) is 2.35. The van der Waals surface area contributed by atoms with E-state index in [2.05, 4.69) is 0 Å². The van der Waals surface area contributed by atoms with E-state index in [4.69, 9.17) is 21.1 Å². The topological polar surface area (TPSA) is 38.7 Å². The van der Waals surface area contributed by atoms with Crippen LogP contribution in [0.1, 0.15) is 24.8 Å². The molecular weight excluding hydrogens is 240 g/mol. The Morgan fingerprint density at radius 1 is 1.41 bits per heavy atom. The summed E-state index contributed by atoms with van der Waals surface area (Å²) in [5.41, 5.74) is 1.06. The molecule has 1 aromatic rings. The van der Waals surface area contributed by atoms with Crippen molar-refractivity contribution in [2.24, 2.45) is 0 Å². The molecule has 0 saturated carbocycles. The number of benzene rings is 1. The standard InChI is InChI=1S/C13H17ClO3/c14-11-9-10(4-5-12(11)15)6-8-17-13-3-1-2-7-16-13/h4-5,9,13,15H,1-3,6-8H2/t13-/m1/s1. The Hall–Kier alpha value is -0.770. The van der Waals surface area contributed by atoms with Crippen LogP contribution in [0.25, 0.3) is 0 Å². The second-order valence-electron chi connectivity index (χ2n) is 4.20. The number of rotatable bonds is 4. The van der Waals surface area contributed by atoms with Crippen molar-refractivity contribution in [3.05, 3.63) is 28.8 Å². The van der Waals surface area contributed by atoms with Crippen LogP contribution in [0.3, 0.4) is 0 Å². The summed E-state index contributed by atoms with van der Waals surface area (Å²) < 4.78 is 11.1. The second kappa shape index (κ2) is 6.24. The van der Waals surface area contributed by atoms with Gasteiger partial charge in [-0.25, -0.2) is 0 Å². The molecule has 1 saturated heterocycles. The van der Waals surface area contributed by atoms with Gasteiger partial charge in [0.2, 0.25) is 0 Å². The van der Waals surface area contributed by atoms with Gasteiger partial charge in [-0.2, -0.15) is 0 Å². The highest BCUT2D eigenvalue weighted by molar-refractivity contribution is 6.32. The molecule has 0 radical (unpaired) electrons. The van der Waals surface area contributed by atoms with E-state index in [-0.39, 0.29) is 12.0 Å². The van der Waals surface area contributed by atoms with Gasteiger partial charge in [-0.15, -0.1) is 0 Å². The van der Waals surface area contributed by atoms with Gasteiger partial charge < -0.3 is 14.6 Å². The molecular formula is C13H17ClO3. The summed E-state index contributed by atoms with van der Waals surface area (Å²) in [6.07, 6.45) is 4.02. The number of ether oxygens (including phenoxy) is 2. The van der Waals surface area contributed by atoms with E-state index in [1.54, 1.807) is 12.1 Å². The summed E-state index contributed by atoms with van der Waals surface area (Å²) in [7, 11) is 0. The van der Waals surface area contributed by atoms with Gasteiger partial charge in [-0.1, -0.05) is 17.7 Å². The summed E-state index contributed by atoms with van der Waals surface area (Å²) in [6.45, 7) is 1.42. The first-order valence-corrected chi connectivity index (χ1v) is 6.34. The summed E-state index contributed by atoms with van der Waals surface area (Å²) in [5, 5.41) is 9.68. The van der Waals surface area contributed by atoms with E-state index in [0.717, 1.165) is 31.4 Å². The van der Waals surface area contributed by atoms with E-state index in [9.17, 15) is 5.11 Å². The Labute approximate surface area is 106 Å². The molecule has 2 rings (SSSR count). The molecule has 0 aliphatic carbocycles. The SMILES string of the molecule is Oc1ccc(CCO[C@@H]2CCCCO2)cc1Cl. The maximum Gasteiger partial charge on any atom is 0.157 e. The largest absolute Gasteiger partial charge is 0.506 e. The number of hydrogen-bond acceptors (Lipinski definition) is 3. The summed E-state index contributed by atoms with van der Waals surface area (Å²) in [4.78, 5) is 0.